The first-order chi connectivity index (χ1) is 12.2. The zero-order chi connectivity index (χ0) is 17.7. The van der Waals surface area contributed by atoms with Crippen LogP contribution in [0.3, 0.4) is 0 Å². The van der Waals surface area contributed by atoms with Crippen LogP contribution in [-0.2, 0) is 23.2 Å². The van der Waals surface area contributed by atoms with Crippen molar-refractivity contribution in [3.8, 4) is 11.5 Å². The summed E-state index contributed by atoms with van der Waals surface area (Å²) in [5.41, 5.74) is 0. The zero-order valence-electron chi connectivity index (χ0n) is 14.0. The Morgan fingerprint density at radius 3 is 1.24 bits per heavy atom. The summed E-state index contributed by atoms with van der Waals surface area (Å²) in [6.07, 6.45) is 16.0. The molecule has 25 heavy (non-hydrogen) atoms. The molecular weight excluding hydrogens is 387 g/mol. The molecule has 2 aromatic rings. The average Bonchev–Trinajstić information content (AvgIpc) is 3.32. The summed E-state index contributed by atoms with van der Waals surface area (Å²) in [5.74, 6) is 0.144. The second kappa shape index (κ2) is 11.4. The van der Waals surface area contributed by atoms with E-state index in [0.29, 0.717) is 0 Å². The molecule has 0 fully saturated rings. The third kappa shape index (κ3) is 8.51. The normalized spacial score (nSPS) is 13.6. The van der Waals surface area contributed by atoms with Crippen LogP contribution in [-0.4, -0.2) is 0 Å². The van der Waals surface area contributed by atoms with Gasteiger partial charge in [-0.3, -0.25) is 0 Å². The van der Waals surface area contributed by atoms with Crippen LogP contribution in [0.25, 0.3) is 0 Å². The summed E-state index contributed by atoms with van der Waals surface area (Å²) in [4.78, 5) is 0. The first-order valence-electron chi connectivity index (χ1n) is 8.16. The van der Waals surface area contributed by atoms with Crippen LogP contribution in [0.4, 0.5) is 0 Å². The molecule has 2 nitrogen and oxygen atoms in total. The molecule has 0 unspecified atom stereocenters. The van der Waals surface area contributed by atoms with E-state index < -0.39 is 0 Å². The van der Waals surface area contributed by atoms with Crippen LogP contribution in [0.5, 0.6) is 11.5 Å². The molecule has 0 spiro atoms. The molecule has 4 rings (SSSR count). The van der Waals surface area contributed by atoms with Crippen molar-refractivity contribution in [1.29, 1.82) is 0 Å². The van der Waals surface area contributed by atoms with E-state index in [-0.39, 0.29) is 34.7 Å². The molecule has 0 saturated heterocycles. The molecule has 0 bridgehead atoms. The smallest absolute Gasteiger partial charge is 0.0623 e. The zero-order valence-corrected chi connectivity index (χ0v) is 16.4. The van der Waals surface area contributed by atoms with Crippen molar-refractivity contribution in [3.05, 3.63) is 104 Å². The van der Waals surface area contributed by atoms with Gasteiger partial charge in [0, 0.05) is 0 Å². The van der Waals surface area contributed by atoms with Gasteiger partial charge in [-0.25, -0.2) is 0 Å². The molecule has 0 heterocycles. The standard InChI is InChI=1S/2C6H6O.2C5H5.Zr/c2*7-6-4-2-1-3-5-6;2*1-2-4-5-3-1;/h2*1-5,7H;2*1-3H,4H2;/q;;;;+2/p-2. The fourth-order valence-electron chi connectivity index (χ4n) is 2.13. The molecule has 3 heteroatoms. The van der Waals surface area contributed by atoms with Gasteiger partial charge in [-0.15, -0.1) is 11.5 Å². The van der Waals surface area contributed by atoms with Crippen molar-refractivity contribution >= 4 is 0 Å². The molecule has 0 atom stereocenters. The minimum atomic E-state index is -0.312. The van der Waals surface area contributed by atoms with Gasteiger partial charge in [-0.2, -0.15) is 0 Å². The first-order valence-corrected chi connectivity index (χ1v) is 10.6. The maximum Gasteiger partial charge on any atom is -0.0623 e. The van der Waals surface area contributed by atoms with Crippen LogP contribution < -0.4 is 10.2 Å². The molecule has 2 aliphatic rings. The second-order valence-electron chi connectivity index (χ2n) is 5.40. The SMILES string of the molecule is C1=CC[C]([Zr+2][C]2=CC=CC2)=C1.[O-]c1ccccc1.[O-]c1ccccc1. The van der Waals surface area contributed by atoms with Crippen LogP contribution in [0, 0.1) is 0 Å². The van der Waals surface area contributed by atoms with E-state index in [2.05, 4.69) is 36.5 Å². The summed E-state index contributed by atoms with van der Waals surface area (Å²) in [6.45, 7) is 0. The Bertz CT molecular complexity index is 679. The van der Waals surface area contributed by atoms with Crippen molar-refractivity contribution in [3.63, 3.8) is 0 Å². The van der Waals surface area contributed by atoms with Crippen LogP contribution >= 0.6 is 0 Å². The van der Waals surface area contributed by atoms with Crippen molar-refractivity contribution in [2.24, 2.45) is 0 Å². The Labute approximate surface area is 161 Å². The summed E-state index contributed by atoms with van der Waals surface area (Å²) >= 11 is -0.312. The van der Waals surface area contributed by atoms with Gasteiger partial charge in [0.25, 0.3) is 0 Å². The Morgan fingerprint density at radius 2 is 1.00 bits per heavy atom. The van der Waals surface area contributed by atoms with Crippen molar-refractivity contribution in [1.82, 2.24) is 0 Å². The molecule has 124 valence electrons. The fourth-order valence-corrected chi connectivity index (χ4v) is 5.10. The van der Waals surface area contributed by atoms with E-state index in [9.17, 15) is 10.2 Å². The number of allylic oxidation sites excluding steroid dienone is 8. The van der Waals surface area contributed by atoms with Gasteiger partial charge in [0.1, 0.15) is 0 Å². The van der Waals surface area contributed by atoms with Crippen LogP contribution in [0.2, 0.25) is 0 Å². The molecule has 0 N–H and O–H groups in total. The number of para-hydroxylation sites is 2. The Kier molecular flexibility index (Phi) is 8.79. The number of hydrogen-bond acceptors (Lipinski definition) is 2. The molecule has 0 amide bonds. The van der Waals surface area contributed by atoms with Gasteiger partial charge >= 0.3 is 79.1 Å². The predicted octanol–water partition coefficient (Wildman–Crippen LogP) is 4.28. The van der Waals surface area contributed by atoms with E-state index in [4.69, 9.17) is 0 Å². The van der Waals surface area contributed by atoms with E-state index in [1.807, 2.05) is 12.1 Å². The monoisotopic (exact) mass is 406 g/mol. The quantitative estimate of drug-likeness (QED) is 0.746. The number of hydrogen-bond donors (Lipinski definition) is 0. The average molecular weight is 408 g/mol. The molecule has 0 radical (unpaired) electrons. The number of benzene rings is 2. The molecule has 0 aromatic heterocycles. The van der Waals surface area contributed by atoms with Gasteiger partial charge in [-0.05, 0) is 0 Å². The van der Waals surface area contributed by atoms with Gasteiger partial charge in [0.15, 0.2) is 0 Å². The van der Waals surface area contributed by atoms with E-state index >= 15 is 0 Å². The summed E-state index contributed by atoms with van der Waals surface area (Å²) in [5, 5.41) is 20.5. The van der Waals surface area contributed by atoms with E-state index in [1.54, 1.807) is 30.8 Å². The van der Waals surface area contributed by atoms with Gasteiger partial charge in [0.05, 0.1) is 0 Å². The second-order valence-corrected chi connectivity index (χ2v) is 9.17. The summed E-state index contributed by atoms with van der Waals surface area (Å²) < 4.78 is 3.45. The van der Waals surface area contributed by atoms with Crippen LogP contribution in [0.15, 0.2) is 104 Å². The molecule has 2 aromatic carbocycles. The van der Waals surface area contributed by atoms with Gasteiger partial charge < -0.3 is 10.2 Å². The largest absolute Gasteiger partial charge is 0.872 e. The van der Waals surface area contributed by atoms with E-state index in [1.165, 1.54) is 37.1 Å². The van der Waals surface area contributed by atoms with Gasteiger partial charge in [0.2, 0.25) is 0 Å². The third-order valence-corrected chi connectivity index (χ3v) is 6.75. The maximum atomic E-state index is 10.3. The molecule has 2 aliphatic carbocycles. The Morgan fingerprint density at radius 1 is 0.600 bits per heavy atom. The predicted molar refractivity (Wildman–Crippen MR) is 95.5 cm³/mol. The molecular formula is C22H20O2Zr. The molecule has 0 saturated carbocycles. The summed E-state index contributed by atoms with van der Waals surface area (Å²) in [7, 11) is 0. The number of rotatable bonds is 2. The summed E-state index contributed by atoms with van der Waals surface area (Å²) in [6, 6.07) is 16.7. The first kappa shape index (κ1) is 19.2. The third-order valence-electron chi connectivity index (χ3n) is 3.35. The van der Waals surface area contributed by atoms with Crippen molar-refractivity contribution in [2.45, 2.75) is 12.8 Å². The minimum absolute atomic E-state index is 0.0718. The van der Waals surface area contributed by atoms with Gasteiger partial charge in [-0.1, -0.05) is 60.7 Å². The van der Waals surface area contributed by atoms with Crippen LogP contribution in [0.1, 0.15) is 12.8 Å². The molecule has 0 aliphatic heterocycles. The maximum absolute atomic E-state index is 10.3. The minimum Gasteiger partial charge on any atom is -0.872 e. The van der Waals surface area contributed by atoms with Crippen molar-refractivity contribution in [2.75, 3.05) is 0 Å². The van der Waals surface area contributed by atoms with Crippen molar-refractivity contribution < 1.29 is 33.4 Å². The Hall–Kier alpha value is -2.12. The van der Waals surface area contributed by atoms with E-state index in [0.717, 1.165) is 0 Å². The topological polar surface area (TPSA) is 46.1 Å². The Balaban J connectivity index is 0.000000142. The fraction of sp³-hybridized carbons (Fsp3) is 0.0909.